The van der Waals surface area contributed by atoms with Crippen molar-refractivity contribution in [3.8, 4) is 5.75 Å². The van der Waals surface area contributed by atoms with Gasteiger partial charge in [-0.1, -0.05) is 6.92 Å². The van der Waals surface area contributed by atoms with Crippen molar-refractivity contribution in [2.75, 3.05) is 31.2 Å². The third kappa shape index (κ3) is 3.22. The molecule has 3 N–H and O–H groups in total. The van der Waals surface area contributed by atoms with Crippen LogP contribution in [0.4, 0.5) is 11.4 Å². The maximum atomic E-state index is 12.3. The molecule has 2 unspecified atom stereocenters. The Hall–Kier alpha value is -1.75. The van der Waals surface area contributed by atoms with Crippen LogP contribution in [0.15, 0.2) is 18.2 Å². The molecule has 110 valence electrons. The summed E-state index contributed by atoms with van der Waals surface area (Å²) in [6, 6.07) is 5.09. The van der Waals surface area contributed by atoms with E-state index < -0.39 is 0 Å². The highest BCUT2D eigenvalue weighted by Crippen LogP contribution is 2.27. The van der Waals surface area contributed by atoms with E-state index in [1.54, 1.807) is 25.3 Å². The molecule has 5 heteroatoms. The first-order valence-electron chi connectivity index (χ1n) is 6.99. The van der Waals surface area contributed by atoms with Gasteiger partial charge in [-0.25, -0.2) is 0 Å². The lowest BCUT2D eigenvalue weighted by atomic mass is 10.2. The minimum Gasteiger partial charge on any atom is -0.494 e. The second-order valence-corrected chi connectivity index (χ2v) is 5.51. The first kappa shape index (κ1) is 14.7. The molecule has 0 saturated carbocycles. The molecule has 1 aliphatic rings. The number of hydrogen-bond donors (Lipinski definition) is 2. The van der Waals surface area contributed by atoms with Gasteiger partial charge in [0.1, 0.15) is 5.75 Å². The van der Waals surface area contributed by atoms with Crippen LogP contribution in [0.25, 0.3) is 0 Å². The highest BCUT2D eigenvalue weighted by atomic mass is 16.5. The molecule has 1 aliphatic heterocycles. The van der Waals surface area contributed by atoms with Crippen LogP contribution in [0.2, 0.25) is 0 Å². The Bertz CT molecular complexity index is 490. The van der Waals surface area contributed by atoms with E-state index in [1.807, 2.05) is 6.92 Å². The fourth-order valence-corrected chi connectivity index (χ4v) is 2.53. The van der Waals surface area contributed by atoms with Crippen LogP contribution in [-0.4, -0.2) is 37.0 Å². The first-order chi connectivity index (χ1) is 9.51. The van der Waals surface area contributed by atoms with E-state index in [0.717, 1.165) is 19.5 Å². The molecule has 1 amide bonds. The highest BCUT2D eigenvalue weighted by Gasteiger charge is 2.27. The molecular weight excluding hydrogens is 254 g/mol. The number of nitrogens with one attached hydrogen (secondary N) is 1. The van der Waals surface area contributed by atoms with Crippen LogP contribution in [0.5, 0.6) is 5.75 Å². The van der Waals surface area contributed by atoms with Gasteiger partial charge in [0, 0.05) is 18.3 Å². The first-order valence-corrected chi connectivity index (χ1v) is 6.99. The highest BCUT2D eigenvalue weighted by molar-refractivity contribution is 5.96. The number of carbonyl (C=O) groups is 1. The Morgan fingerprint density at radius 3 is 2.90 bits per heavy atom. The van der Waals surface area contributed by atoms with E-state index in [9.17, 15) is 4.79 Å². The Morgan fingerprint density at radius 2 is 2.30 bits per heavy atom. The molecule has 0 aliphatic carbocycles. The fourth-order valence-electron chi connectivity index (χ4n) is 2.53. The molecule has 1 saturated heterocycles. The summed E-state index contributed by atoms with van der Waals surface area (Å²) in [5.41, 5.74) is 6.98. The van der Waals surface area contributed by atoms with E-state index in [4.69, 9.17) is 10.5 Å². The quantitative estimate of drug-likeness (QED) is 0.825. The monoisotopic (exact) mass is 277 g/mol. The van der Waals surface area contributed by atoms with Gasteiger partial charge in [-0.15, -0.1) is 0 Å². The zero-order valence-corrected chi connectivity index (χ0v) is 12.3. The second kappa shape index (κ2) is 6.13. The molecular formula is C15H23N3O2. The summed E-state index contributed by atoms with van der Waals surface area (Å²) in [6.07, 6.45) is 1.16. The van der Waals surface area contributed by atoms with Crippen LogP contribution < -0.4 is 15.8 Å². The number of carbonyl (C=O) groups excluding carboxylic acids is 1. The lowest BCUT2D eigenvalue weighted by Crippen LogP contribution is -2.40. The molecule has 20 heavy (non-hydrogen) atoms. The second-order valence-electron chi connectivity index (χ2n) is 5.51. The summed E-state index contributed by atoms with van der Waals surface area (Å²) in [7, 11) is 1.57. The van der Waals surface area contributed by atoms with Gasteiger partial charge in [0.25, 0.3) is 0 Å². The number of methoxy groups -OCH3 is 1. The number of nitrogens with zero attached hydrogens (tertiary/aromatic N) is 1. The Labute approximate surface area is 120 Å². The molecule has 1 aromatic carbocycles. The van der Waals surface area contributed by atoms with Gasteiger partial charge in [-0.3, -0.25) is 9.69 Å². The van der Waals surface area contributed by atoms with Crippen molar-refractivity contribution < 1.29 is 9.53 Å². The van der Waals surface area contributed by atoms with Gasteiger partial charge >= 0.3 is 0 Å². The summed E-state index contributed by atoms with van der Waals surface area (Å²) >= 11 is 0. The summed E-state index contributed by atoms with van der Waals surface area (Å²) in [4.78, 5) is 14.5. The minimum atomic E-state index is -0.137. The molecule has 2 rings (SSSR count). The van der Waals surface area contributed by atoms with E-state index >= 15 is 0 Å². The normalized spacial score (nSPS) is 20.6. The van der Waals surface area contributed by atoms with Gasteiger partial charge in [-0.05, 0) is 37.9 Å². The number of nitrogens with two attached hydrogens (primary N) is 1. The average Bonchev–Trinajstić information content (AvgIpc) is 2.86. The van der Waals surface area contributed by atoms with Crippen molar-refractivity contribution in [3.05, 3.63) is 18.2 Å². The van der Waals surface area contributed by atoms with Crippen LogP contribution in [0, 0.1) is 5.92 Å². The van der Waals surface area contributed by atoms with Gasteiger partial charge in [0.15, 0.2) is 0 Å². The minimum absolute atomic E-state index is 0.0119. The number of nitrogen functional groups attached to an aromatic ring is 1. The van der Waals surface area contributed by atoms with E-state index in [1.165, 1.54) is 0 Å². The number of benzene rings is 1. The smallest absolute Gasteiger partial charge is 0.241 e. The number of amides is 1. The third-order valence-corrected chi connectivity index (χ3v) is 3.87. The van der Waals surface area contributed by atoms with Crippen LogP contribution in [0.1, 0.15) is 20.3 Å². The molecule has 0 aromatic heterocycles. The van der Waals surface area contributed by atoms with Crippen molar-refractivity contribution in [2.45, 2.75) is 26.3 Å². The lowest BCUT2D eigenvalue weighted by Gasteiger charge is -2.23. The van der Waals surface area contributed by atoms with Crippen LogP contribution in [0.3, 0.4) is 0 Å². The number of rotatable bonds is 4. The number of likely N-dealkylation sites (tertiary alicyclic amines) is 1. The molecule has 5 nitrogen and oxygen atoms in total. The summed E-state index contributed by atoms with van der Waals surface area (Å²) < 4.78 is 5.24. The Morgan fingerprint density at radius 1 is 1.55 bits per heavy atom. The van der Waals surface area contributed by atoms with Crippen LogP contribution >= 0.6 is 0 Å². The summed E-state index contributed by atoms with van der Waals surface area (Å²) in [5.74, 6) is 1.24. The van der Waals surface area contributed by atoms with Crippen molar-refractivity contribution in [1.82, 2.24) is 4.90 Å². The molecule has 2 atom stereocenters. The number of anilines is 2. The van der Waals surface area contributed by atoms with Gasteiger partial charge in [-0.2, -0.15) is 0 Å². The van der Waals surface area contributed by atoms with E-state index in [2.05, 4.69) is 17.1 Å². The summed E-state index contributed by atoms with van der Waals surface area (Å²) in [5, 5.41) is 2.92. The largest absolute Gasteiger partial charge is 0.494 e. The molecule has 1 heterocycles. The van der Waals surface area contributed by atoms with E-state index in [0.29, 0.717) is 23.0 Å². The predicted molar refractivity (Wildman–Crippen MR) is 80.9 cm³/mol. The number of ether oxygens (including phenoxy) is 1. The fraction of sp³-hybridized carbons (Fsp3) is 0.533. The standard InChI is InChI=1S/C15H23N3O2/c1-10-6-7-18(9-10)11(2)15(19)17-13-5-4-12(16)8-14(13)20-3/h4-5,8,10-11H,6-7,9,16H2,1-3H3,(H,17,19). The van der Waals surface area contributed by atoms with Crippen molar-refractivity contribution in [2.24, 2.45) is 5.92 Å². The van der Waals surface area contributed by atoms with Gasteiger partial charge in [0.05, 0.1) is 18.8 Å². The Kier molecular flexibility index (Phi) is 4.49. The molecule has 0 bridgehead atoms. The zero-order valence-electron chi connectivity index (χ0n) is 12.3. The maximum Gasteiger partial charge on any atom is 0.241 e. The van der Waals surface area contributed by atoms with Crippen molar-refractivity contribution >= 4 is 17.3 Å². The van der Waals surface area contributed by atoms with Crippen molar-refractivity contribution in [3.63, 3.8) is 0 Å². The predicted octanol–water partition coefficient (Wildman–Crippen LogP) is 1.95. The Balaban J connectivity index is 2.04. The SMILES string of the molecule is COc1cc(N)ccc1NC(=O)C(C)N1CCC(C)C1. The van der Waals surface area contributed by atoms with Crippen LogP contribution in [-0.2, 0) is 4.79 Å². The average molecular weight is 277 g/mol. The lowest BCUT2D eigenvalue weighted by molar-refractivity contribution is -0.120. The molecule has 1 fully saturated rings. The topological polar surface area (TPSA) is 67.6 Å². The third-order valence-electron chi connectivity index (χ3n) is 3.87. The number of hydrogen-bond acceptors (Lipinski definition) is 4. The maximum absolute atomic E-state index is 12.3. The van der Waals surface area contributed by atoms with Crippen molar-refractivity contribution in [1.29, 1.82) is 0 Å². The molecule has 0 spiro atoms. The summed E-state index contributed by atoms with van der Waals surface area (Å²) in [6.45, 7) is 6.12. The van der Waals surface area contributed by atoms with E-state index in [-0.39, 0.29) is 11.9 Å². The zero-order chi connectivity index (χ0) is 14.7. The van der Waals surface area contributed by atoms with Gasteiger partial charge < -0.3 is 15.8 Å². The molecule has 0 radical (unpaired) electrons. The molecule has 1 aromatic rings. The van der Waals surface area contributed by atoms with Gasteiger partial charge in [0.2, 0.25) is 5.91 Å².